The molecule has 1 saturated carbocycles. The van der Waals surface area contributed by atoms with Crippen LogP contribution in [0.1, 0.15) is 65.7 Å². The second kappa shape index (κ2) is 10.2. The molecular formula is C19H31N3O3. The third kappa shape index (κ3) is 8.69. The van der Waals surface area contributed by atoms with Crippen molar-refractivity contribution < 1.29 is 14.3 Å². The van der Waals surface area contributed by atoms with Crippen molar-refractivity contribution >= 4 is 12.2 Å². The fourth-order valence-electron chi connectivity index (χ4n) is 4.03. The predicted octanol–water partition coefficient (Wildman–Crippen LogP) is 4.11. The van der Waals surface area contributed by atoms with Gasteiger partial charge in [-0.15, -0.1) is 0 Å². The van der Waals surface area contributed by atoms with E-state index in [0.29, 0.717) is 19.7 Å². The Labute approximate surface area is 151 Å². The van der Waals surface area contributed by atoms with E-state index in [-0.39, 0.29) is 23.0 Å². The first-order chi connectivity index (χ1) is 11.8. The van der Waals surface area contributed by atoms with Gasteiger partial charge < -0.3 is 14.9 Å². The lowest BCUT2D eigenvalue weighted by molar-refractivity contribution is 0.0782. The van der Waals surface area contributed by atoms with Gasteiger partial charge in [0, 0.05) is 13.0 Å². The maximum absolute atomic E-state index is 11.9. The van der Waals surface area contributed by atoms with Gasteiger partial charge in [0.15, 0.2) is 0 Å². The second-order valence-corrected chi connectivity index (χ2v) is 8.22. The third-order valence-corrected chi connectivity index (χ3v) is 4.71. The highest BCUT2D eigenvalue weighted by Gasteiger charge is 2.41. The van der Waals surface area contributed by atoms with Gasteiger partial charge in [0.05, 0.1) is 12.6 Å². The molecule has 1 rings (SSSR count). The standard InChI is InChI=1S/C19H31N3O3/c1-18(2)11-16(22-15-23)12-19(3,13-18)14-21-17(24)25-10-8-6-5-7-9-20-4/h16H,5-14H2,1-3H3,(H,21,24). The average Bonchev–Trinajstić information content (AvgIpc) is 2.50. The molecule has 0 radical (unpaired) electrons. The highest BCUT2D eigenvalue weighted by molar-refractivity contribution is 5.67. The molecule has 140 valence electrons. The van der Waals surface area contributed by atoms with E-state index in [1.54, 1.807) is 6.08 Å². The molecule has 0 bridgehead atoms. The van der Waals surface area contributed by atoms with Gasteiger partial charge in [-0.25, -0.2) is 21.2 Å². The van der Waals surface area contributed by atoms with Crippen molar-refractivity contribution in [2.45, 2.75) is 71.8 Å². The average molecular weight is 349 g/mol. The van der Waals surface area contributed by atoms with Gasteiger partial charge in [-0.05, 0) is 49.4 Å². The van der Waals surface area contributed by atoms with Crippen LogP contribution in [-0.4, -0.2) is 37.9 Å². The molecular weight excluding hydrogens is 318 g/mol. The summed E-state index contributed by atoms with van der Waals surface area (Å²) in [5.74, 6) is 0. The zero-order valence-electron chi connectivity index (χ0n) is 15.8. The number of nitrogens with zero attached hydrogens (tertiary/aromatic N) is 2. The molecule has 0 spiro atoms. The smallest absolute Gasteiger partial charge is 0.407 e. The minimum Gasteiger partial charge on any atom is -0.450 e. The molecule has 0 aromatic rings. The fourth-order valence-corrected chi connectivity index (χ4v) is 4.03. The van der Waals surface area contributed by atoms with Crippen molar-refractivity contribution in [1.82, 2.24) is 5.32 Å². The fraction of sp³-hybridized carbons (Fsp3) is 0.842. The number of hydrogen-bond donors (Lipinski definition) is 1. The van der Waals surface area contributed by atoms with Gasteiger partial charge in [-0.1, -0.05) is 20.8 Å². The molecule has 1 N–H and O–H groups in total. The summed E-state index contributed by atoms with van der Waals surface area (Å²) in [5.41, 5.74) is -0.0273. The zero-order chi connectivity index (χ0) is 18.8. The summed E-state index contributed by atoms with van der Waals surface area (Å²) in [4.78, 5) is 29.7. The first-order valence-corrected chi connectivity index (χ1v) is 9.11. The number of alkyl carbamates (subject to hydrolysis) is 1. The molecule has 1 aliphatic carbocycles. The maximum Gasteiger partial charge on any atom is 0.407 e. The highest BCUT2D eigenvalue weighted by atomic mass is 16.5. The number of amides is 1. The van der Waals surface area contributed by atoms with Gasteiger partial charge in [0.25, 0.3) is 0 Å². The van der Waals surface area contributed by atoms with Crippen LogP contribution in [0.5, 0.6) is 0 Å². The molecule has 2 atom stereocenters. The van der Waals surface area contributed by atoms with Crippen LogP contribution >= 0.6 is 0 Å². The second-order valence-electron chi connectivity index (χ2n) is 8.22. The van der Waals surface area contributed by atoms with Gasteiger partial charge in [-0.3, -0.25) is 0 Å². The van der Waals surface area contributed by atoms with Crippen LogP contribution in [0.4, 0.5) is 4.79 Å². The van der Waals surface area contributed by atoms with Crippen LogP contribution in [0, 0.1) is 17.4 Å². The van der Waals surface area contributed by atoms with E-state index in [9.17, 15) is 9.59 Å². The molecule has 0 aliphatic heterocycles. The summed E-state index contributed by atoms with van der Waals surface area (Å²) in [6, 6.07) is -0.0282. The van der Waals surface area contributed by atoms with Crippen LogP contribution < -0.4 is 5.32 Å². The largest absolute Gasteiger partial charge is 0.450 e. The first kappa shape index (κ1) is 21.2. The van der Waals surface area contributed by atoms with Gasteiger partial charge in [0.2, 0.25) is 12.6 Å². The topological polar surface area (TPSA) is 72.1 Å². The molecule has 1 amide bonds. The van der Waals surface area contributed by atoms with Crippen LogP contribution in [0.15, 0.2) is 4.99 Å². The summed E-state index contributed by atoms with van der Waals surface area (Å²) < 4.78 is 5.21. The van der Waals surface area contributed by atoms with E-state index in [4.69, 9.17) is 11.3 Å². The summed E-state index contributed by atoms with van der Waals surface area (Å²) in [7, 11) is 0. The van der Waals surface area contributed by atoms with Crippen molar-refractivity contribution in [2.24, 2.45) is 15.8 Å². The Hall–Kier alpha value is -1.86. The number of carbonyl (C=O) groups is 1. The number of aliphatic imine (C=N–C) groups is 1. The lowest BCUT2D eigenvalue weighted by atomic mass is 9.63. The summed E-state index contributed by atoms with van der Waals surface area (Å²) >= 11 is 0. The van der Waals surface area contributed by atoms with E-state index in [1.165, 1.54) is 0 Å². The van der Waals surface area contributed by atoms with Crippen LogP contribution in [0.2, 0.25) is 0 Å². The molecule has 1 fully saturated rings. The van der Waals surface area contributed by atoms with Crippen molar-refractivity contribution in [3.05, 3.63) is 11.4 Å². The minimum atomic E-state index is -0.388. The Kier molecular flexibility index (Phi) is 8.65. The minimum absolute atomic E-state index is 0.0282. The number of nitrogens with one attached hydrogen (secondary N) is 1. The van der Waals surface area contributed by atoms with Crippen molar-refractivity contribution in [3.8, 4) is 0 Å². The lowest BCUT2D eigenvalue weighted by Crippen LogP contribution is -2.44. The molecule has 2 unspecified atom stereocenters. The first-order valence-electron chi connectivity index (χ1n) is 9.11. The third-order valence-electron chi connectivity index (χ3n) is 4.71. The molecule has 0 aromatic heterocycles. The Morgan fingerprint density at radius 3 is 2.68 bits per heavy atom. The molecule has 6 nitrogen and oxygen atoms in total. The monoisotopic (exact) mass is 349 g/mol. The number of ether oxygens (including phenoxy) is 1. The molecule has 0 aromatic carbocycles. The summed E-state index contributed by atoms with van der Waals surface area (Å²) in [6.45, 7) is 14.7. The number of unbranched alkanes of at least 4 members (excludes halogenated alkanes) is 3. The quantitative estimate of drug-likeness (QED) is 0.295. The van der Waals surface area contributed by atoms with Gasteiger partial charge in [0.1, 0.15) is 0 Å². The van der Waals surface area contributed by atoms with Gasteiger partial charge in [-0.2, -0.15) is 0 Å². The molecule has 25 heavy (non-hydrogen) atoms. The van der Waals surface area contributed by atoms with E-state index in [0.717, 1.165) is 44.9 Å². The Morgan fingerprint density at radius 2 is 2.00 bits per heavy atom. The number of isocyanates is 1. The van der Waals surface area contributed by atoms with Crippen LogP contribution in [0.25, 0.3) is 4.85 Å². The van der Waals surface area contributed by atoms with E-state index in [1.807, 2.05) is 0 Å². The Morgan fingerprint density at radius 1 is 1.28 bits per heavy atom. The Balaban J connectivity index is 2.31. The SMILES string of the molecule is [C-]#[N+]CCCCCCOC(=O)NCC1(C)CC(N=C=O)CC(C)(C)C1. The van der Waals surface area contributed by atoms with Crippen molar-refractivity contribution in [2.75, 3.05) is 19.7 Å². The van der Waals surface area contributed by atoms with Crippen molar-refractivity contribution in [3.63, 3.8) is 0 Å². The predicted molar refractivity (Wildman–Crippen MR) is 96.9 cm³/mol. The highest BCUT2D eigenvalue weighted by Crippen LogP contribution is 2.46. The molecule has 1 aliphatic rings. The van der Waals surface area contributed by atoms with E-state index >= 15 is 0 Å². The summed E-state index contributed by atoms with van der Waals surface area (Å²) in [6.07, 6.45) is 7.60. The normalized spacial score (nSPS) is 24.6. The number of rotatable bonds is 9. The lowest BCUT2D eigenvalue weighted by Gasteiger charge is -2.45. The molecule has 0 saturated heterocycles. The summed E-state index contributed by atoms with van der Waals surface area (Å²) in [5, 5.41) is 2.86. The molecule has 0 heterocycles. The molecule has 6 heteroatoms. The van der Waals surface area contributed by atoms with Crippen LogP contribution in [0.3, 0.4) is 0 Å². The maximum atomic E-state index is 11.9. The Bertz CT molecular complexity index is 520. The number of hydrogen-bond acceptors (Lipinski definition) is 4. The van der Waals surface area contributed by atoms with E-state index < -0.39 is 0 Å². The van der Waals surface area contributed by atoms with Crippen molar-refractivity contribution in [1.29, 1.82) is 0 Å². The number of carbonyl (C=O) groups excluding carboxylic acids is 2. The zero-order valence-corrected chi connectivity index (χ0v) is 15.8. The van der Waals surface area contributed by atoms with Crippen LogP contribution in [-0.2, 0) is 9.53 Å². The van der Waals surface area contributed by atoms with Gasteiger partial charge >= 0.3 is 6.09 Å². The van der Waals surface area contributed by atoms with E-state index in [2.05, 4.69) is 35.9 Å².